The topological polar surface area (TPSA) is 29.3 Å². The van der Waals surface area contributed by atoms with Crippen LogP contribution in [0.4, 0.5) is 5.82 Å². The molecular weight excluding hydrogens is 398 g/mol. The average Bonchev–Trinajstić information content (AvgIpc) is 3.16. The van der Waals surface area contributed by atoms with E-state index in [1.165, 1.54) is 47.5 Å². The Morgan fingerprint density at radius 2 is 1.81 bits per heavy atom. The Balaban J connectivity index is 1.61. The average molecular weight is 430 g/mol. The Hall–Kier alpha value is -2.72. The zero-order valence-electron chi connectivity index (χ0n) is 18.5. The lowest BCUT2D eigenvalue weighted by molar-refractivity contribution is 0.706. The van der Waals surface area contributed by atoms with Gasteiger partial charge in [-0.3, -0.25) is 4.40 Å². The minimum atomic E-state index is 0.765. The number of nitrogens with one attached hydrogen (secondary N) is 1. The number of aromatic nitrogens is 2. The lowest BCUT2D eigenvalue weighted by atomic mass is 10.1. The molecule has 0 aliphatic rings. The van der Waals surface area contributed by atoms with Crippen LogP contribution in [0.5, 0.6) is 0 Å². The van der Waals surface area contributed by atoms with Crippen molar-refractivity contribution in [1.29, 1.82) is 0 Å². The predicted octanol–water partition coefficient (Wildman–Crippen LogP) is 7.59. The number of rotatable bonds is 10. The first-order valence-electron chi connectivity index (χ1n) is 11.2. The SMILES string of the molecule is CCCCCCSc1cccc(-c2nc3ccc(C)cn3c2NCc2ccccc2)c1. The summed E-state index contributed by atoms with van der Waals surface area (Å²) in [5.74, 6) is 2.22. The molecule has 0 saturated heterocycles. The molecule has 4 aromatic rings. The Morgan fingerprint density at radius 3 is 2.65 bits per heavy atom. The van der Waals surface area contributed by atoms with E-state index in [0.29, 0.717) is 0 Å². The van der Waals surface area contributed by atoms with Gasteiger partial charge in [0.1, 0.15) is 17.2 Å². The summed E-state index contributed by atoms with van der Waals surface area (Å²) in [6.45, 7) is 5.15. The lowest BCUT2D eigenvalue weighted by Gasteiger charge is -2.10. The maximum Gasteiger partial charge on any atom is 0.139 e. The van der Waals surface area contributed by atoms with Crippen molar-refractivity contribution < 1.29 is 0 Å². The van der Waals surface area contributed by atoms with Crippen molar-refractivity contribution in [3.05, 3.63) is 84.1 Å². The van der Waals surface area contributed by atoms with Crippen molar-refractivity contribution in [1.82, 2.24) is 9.38 Å². The number of thioether (sulfide) groups is 1. The fraction of sp³-hybridized carbons (Fsp3) is 0.296. The first kappa shape index (κ1) is 21.5. The number of hydrogen-bond donors (Lipinski definition) is 1. The standard InChI is InChI=1S/C27H31N3S/c1-3-4-5-9-17-31-24-14-10-13-23(18-24)26-27(28-19-22-11-7-6-8-12-22)30-20-21(2)15-16-25(30)29-26/h6-8,10-16,18,20,28H,3-5,9,17,19H2,1-2H3. The highest BCUT2D eigenvalue weighted by atomic mass is 32.2. The van der Waals surface area contributed by atoms with Crippen LogP contribution < -0.4 is 5.32 Å². The number of unbranched alkanes of at least 4 members (excludes halogenated alkanes) is 3. The Kier molecular flexibility index (Phi) is 7.31. The van der Waals surface area contributed by atoms with Gasteiger partial charge in [0.2, 0.25) is 0 Å². The van der Waals surface area contributed by atoms with Crippen LogP contribution in [0.1, 0.15) is 43.7 Å². The van der Waals surface area contributed by atoms with Gasteiger partial charge in [-0.15, -0.1) is 11.8 Å². The summed E-state index contributed by atoms with van der Waals surface area (Å²) in [5, 5.41) is 3.66. The van der Waals surface area contributed by atoms with Crippen LogP contribution in [0.15, 0.2) is 77.8 Å². The molecule has 31 heavy (non-hydrogen) atoms. The van der Waals surface area contributed by atoms with Gasteiger partial charge in [0.05, 0.1) is 0 Å². The molecule has 0 spiro atoms. The normalized spacial score (nSPS) is 11.2. The third-order valence-corrected chi connectivity index (χ3v) is 6.52. The van der Waals surface area contributed by atoms with Gasteiger partial charge in [-0.2, -0.15) is 0 Å². The molecule has 0 atom stereocenters. The Bertz CT molecular complexity index is 1120. The molecule has 0 bridgehead atoms. The summed E-state index contributed by atoms with van der Waals surface area (Å²) >= 11 is 1.95. The molecule has 0 amide bonds. The quantitative estimate of drug-likeness (QED) is 0.208. The zero-order valence-corrected chi connectivity index (χ0v) is 19.3. The maximum atomic E-state index is 4.99. The van der Waals surface area contributed by atoms with E-state index in [4.69, 9.17) is 4.98 Å². The second-order valence-electron chi connectivity index (χ2n) is 8.02. The maximum absolute atomic E-state index is 4.99. The zero-order chi connectivity index (χ0) is 21.5. The summed E-state index contributed by atoms with van der Waals surface area (Å²) in [4.78, 5) is 6.31. The van der Waals surface area contributed by atoms with E-state index in [2.05, 4.69) is 96.5 Å². The molecule has 0 aliphatic heterocycles. The number of anilines is 1. The number of benzene rings is 2. The third kappa shape index (κ3) is 5.50. The molecule has 2 aromatic carbocycles. The predicted molar refractivity (Wildman–Crippen MR) is 134 cm³/mol. The van der Waals surface area contributed by atoms with Crippen LogP contribution in [0.2, 0.25) is 0 Å². The van der Waals surface area contributed by atoms with Crippen LogP contribution in [0, 0.1) is 6.92 Å². The minimum Gasteiger partial charge on any atom is -0.365 e. The molecule has 0 saturated carbocycles. The van der Waals surface area contributed by atoms with Gasteiger partial charge in [-0.05, 0) is 48.4 Å². The summed E-state index contributed by atoms with van der Waals surface area (Å²) in [7, 11) is 0. The molecule has 160 valence electrons. The smallest absolute Gasteiger partial charge is 0.139 e. The van der Waals surface area contributed by atoms with Gasteiger partial charge < -0.3 is 5.32 Å². The highest BCUT2D eigenvalue weighted by molar-refractivity contribution is 7.99. The van der Waals surface area contributed by atoms with Crippen molar-refractivity contribution in [2.24, 2.45) is 0 Å². The highest BCUT2D eigenvalue weighted by Crippen LogP contribution is 2.32. The first-order valence-corrected chi connectivity index (χ1v) is 12.2. The van der Waals surface area contributed by atoms with Gasteiger partial charge in [0.15, 0.2) is 0 Å². The van der Waals surface area contributed by atoms with Gasteiger partial charge in [-0.1, -0.05) is 74.7 Å². The molecule has 2 aromatic heterocycles. The molecular formula is C27H31N3S. The van der Waals surface area contributed by atoms with Gasteiger partial charge in [0, 0.05) is 23.2 Å². The van der Waals surface area contributed by atoms with Crippen molar-refractivity contribution in [2.75, 3.05) is 11.1 Å². The third-order valence-electron chi connectivity index (χ3n) is 5.44. The van der Waals surface area contributed by atoms with E-state index in [-0.39, 0.29) is 0 Å². The highest BCUT2D eigenvalue weighted by Gasteiger charge is 2.15. The van der Waals surface area contributed by atoms with Crippen molar-refractivity contribution in [3.63, 3.8) is 0 Å². The summed E-state index contributed by atoms with van der Waals surface area (Å²) in [6.07, 6.45) is 7.37. The fourth-order valence-corrected chi connectivity index (χ4v) is 4.72. The van der Waals surface area contributed by atoms with E-state index >= 15 is 0 Å². The molecule has 4 heteroatoms. The molecule has 0 aliphatic carbocycles. The largest absolute Gasteiger partial charge is 0.365 e. The Labute approximate surface area is 189 Å². The van der Waals surface area contributed by atoms with Crippen LogP contribution in [0.3, 0.4) is 0 Å². The van der Waals surface area contributed by atoms with E-state index in [0.717, 1.165) is 29.3 Å². The van der Waals surface area contributed by atoms with Crippen LogP contribution in [-0.2, 0) is 6.54 Å². The van der Waals surface area contributed by atoms with Gasteiger partial charge in [-0.25, -0.2) is 4.98 Å². The lowest BCUT2D eigenvalue weighted by Crippen LogP contribution is -2.03. The molecule has 0 fully saturated rings. The van der Waals surface area contributed by atoms with Gasteiger partial charge >= 0.3 is 0 Å². The van der Waals surface area contributed by atoms with E-state index < -0.39 is 0 Å². The molecule has 2 heterocycles. The van der Waals surface area contributed by atoms with Gasteiger partial charge in [0.25, 0.3) is 0 Å². The summed E-state index contributed by atoms with van der Waals surface area (Å²) in [5.41, 5.74) is 5.61. The fourth-order valence-electron chi connectivity index (χ4n) is 3.75. The summed E-state index contributed by atoms with van der Waals surface area (Å²) in [6, 6.07) is 23.6. The first-order chi connectivity index (χ1) is 15.2. The number of nitrogens with zero attached hydrogens (tertiary/aromatic N) is 2. The van der Waals surface area contributed by atoms with E-state index in [1.54, 1.807) is 0 Å². The molecule has 0 radical (unpaired) electrons. The number of hydrogen-bond acceptors (Lipinski definition) is 3. The second kappa shape index (κ2) is 10.5. The van der Waals surface area contributed by atoms with Crippen molar-refractivity contribution in [2.45, 2.75) is 51.0 Å². The molecule has 4 rings (SSSR count). The number of fused-ring (bicyclic) bond motifs is 1. The van der Waals surface area contributed by atoms with E-state index in [9.17, 15) is 0 Å². The van der Waals surface area contributed by atoms with Crippen molar-refractivity contribution in [3.8, 4) is 11.3 Å². The number of pyridine rings is 1. The number of aryl methyl sites for hydroxylation is 1. The van der Waals surface area contributed by atoms with Crippen LogP contribution >= 0.6 is 11.8 Å². The monoisotopic (exact) mass is 429 g/mol. The second-order valence-corrected chi connectivity index (χ2v) is 9.19. The Morgan fingerprint density at radius 1 is 0.935 bits per heavy atom. The molecule has 0 unspecified atom stereocenters. The summed E-state index contributed by atoms with van der Waals surface area (Å²) < 4.78 is 2.18. The van der Waals surface area contributed by atoms with Crippen LogP contribution in [-0.4, -0.2) is 15.1 Å². The molecule has 1 N–H and O–H groups in total. The van der Waals surface area contributed by atoms with Crippen LogP contribution in [0.25, 0.3) is 16.9 Å². The number of imidazole rings is 1. The molecule has 3 nitrogen and oxygen atoms in total. The van der Waals surface area contributed by atoms with Crippen molar-refractivity contribution >= 4 is 23.2 Å². The minimum absolute atomic E-state index is 0.765. The van der Waals surface area contributed by atoms with E-state index in [1.807, 2.05) is 11.8 Å².